The van der Waals surface area contributed by atoms with E-state index in [0.717, 1.165) is 30.1 Å². The molecule has 27 heavy (non-hydrogen) atoms. The lowest BCUT2D eigenvalue weighted by Gasteiger charge is -2.18. The molecule has 148 valence electrons. The second kappa shape index (κ2) is 12.6. The fourth-order valence-corrected chi connectivity index (χ4v) is 3.06. The average Bonchev–Trinajstić information content (AvgIpc) is 3.08. The van der Waals surface area contributed by atoms with E-state index in [2.05, 4.69) is 25.6 Å². The average molecular weight is 502 g/mol. The zero-order valence-corrected chi connectivity index (χ0v) is 19.1. The van der Waals surface area contributed by atoms with Crippen LogP contribution in [-0.4, -0.2) is 60.5 Å². The zero-order chi connectivity index (χ0) is 18.8. The predicted molar refractivity (Wildman–Crippen MR) is 121 cm³/mol. The van der Waals surface area contributed by atoms with Crippen molar-refractivity contribution in [2.24, 2.45) is 4.99 Å². The highest BCUT2D eigenvalue weighted by Crippen LogP contribution is 2.10. The van der Waals surface area contributed by atoms with Gasteiger partial charge in [0.1, 0.15) is 0 Å². The number of hydrogen-bond donors (Lipinski definition) is 2. The maximum absolute atomic E-state index is 12.2. The normalized spacial score (nSPS) is 10.9. The largest absolute Gasteiger partial charge is 0.356 e. The van der Waals surface area contributed by atoms with Gasteiger partial charge in [-0.05, 0) is 19.1 Å². The van der Waals surface area contributed by atoms with Gasteiger partial charge in [-0.25, -0.2) is 4.98 Å². The molecule has 2 N–H and O–H groups in total. The summed E-state index contributed by atoms with van der Waals surface area (Å²) in [6.45, 7) is 3.60. The third-order valence-corrected chi connectivity index (χ3v) is 4.76. The molecule has 2 aromatic heterocycles. The summed E-state index contributed by atoms with van der Waals surface area (Å²) in [6.07, 6.45) is 5.22. The van der Waals surface area contributed by atoms with E-state index in [-0.39, 0.29) is 36.4 Å². The number of guanidine groups is 1. The van der Waals surface area contributed by atoms with Gasteiger partial charge >= 0.3 is 0 Å². The van der Waals surface area contributed by atoms with Crippen molar-refractivity contribution in [2.75, 3.05) is 33.7 Å². The lowest BCUT2D eigenvalue weighted by atomic mass is 10.2. The van der Waals surface area contributed by atoms with E-state index < -0.39 is 0 Å². The molecule has 0 saturated heterocycles. The highest BCUT2D eigenvalue weighted by Gasteiger charge is 2.10. The van der Waals surface area contributed by atoms with Crippen LogP contribution in [-0.2, 0) is 17.6 Å². The molecule has 0 aliphatic rings. The Kier molecular flexibility index (Phi) is 10.9. The SMILES string of the molecule is CN=C(NCCc1ncc(C)s1)NCC(=O)N(C)CCc1ccccn1.I. The lowest BCUT2D eigenvalue weighted by molar-refractivity contribution is -0.128. The highest BCUT2D eigenvalue weighted by molar-refractivity contribution is 14.0. The van der Waals surface area contributed by atoms with Gasteiger partial charge in [-0.2, -0.15) is 0 Å². The van der Waals surface area contributed by atoms with E-state index in [1.165, 1.54) is 4.88 Å². The smallest absolute Gasteiger partial charge is 0.241 e. The Morgan fingerprint density at radius 1 is 1.26 bits per heavy atom. The number of likely N-dealkylation sites (N-methyl/N-ethyl adjacent to an activating group) is 1. The Labute approximate surface area is 181 Å². The van der Waals surface area contributed by atoms with E-state index in [0.29, 0.717) is 12.5 Å². The first-order valence-corrected chi connectivity index (χ1v) is 9.40. The first-order chi connectivity index (χ1) is 12.6. The van der Waals surface area contributed by atoms with Crippen molar-refractivity contribution in [1.82, 2.24) is 25.5 Å². The highest BCUT2D eigenvalue weighted by atomic mass is 127. The first kappa shape index (κ1) is 23.3. The molecule has 0 spiro atoms. The molecule has 0 bridgehead atoms. The van der Waals surface area contributed by atoms with Crippen LogP contribution in [0, 0.1) is 6.92 Å². The molecular formula is C18H27IN6OS. The standard InChI is InChI=1S/C18H26N6OS.HI/c1-14-12-22-16(26-14)7-10-21-18(19-2)23-13-17(25)24(3)11-8-15-6-4-5-9-20-15;/h4-6,9,12H,7-8,10-11,13H2,1-3H3,(H2,19,21,23);1H. The predicted octanol–water partition coefficient (Wildman–Crippen LogP) is 1.87. The number of hydrogen-bond acceptors (Lipinski definition) is 5. The Balaban J connectivity index is 0.00000364. The van der Waals surface area contributed by atoms with Crippen molar-refractivity contribution >= 4 is 47.2 Å². The third kappa shape index (κ3) is 8.65. The number of carbonyl (C=O) groups excluding carboxylic acids is 1. The molecular weight excluding hydrogens is 475 g/mol. The molecule has 0 aromatic carbocycles. The summed E-state index contributed by atoms with van der Waals surface area (Å²) in [6, 6.07) is 5.80. The van der Waals surface area contributed by atoms with Gasteiger partial charge < -0.3 is 15.5 Å². The van der Waals surface area contributed by atoms with Gasteiger partial charge in [0.05, 0.1) is 11.6 Å². The maximum atomic E-state index is 12.2. The lowest BCUT2D eigenvalue weighted by Crippen LogP contribution is -2.44. The fourth-order valence-electron chi connectivity index (χ4n) is 2.27. The van der Waals surface area contributed by atoms with Gasteiger partial charge in [-0.15, -0.1) is 35.3 Å². The maximum Gasteiger partial charge on any atom is 0.241 e. The Bertz CT molecular complexity index is 722. The summed E-state index contributed by atoms with van der Waals surface area (Å²) in [5.74, 6) is 0.629. The number of amides is 1. The van der Waals surface area contributed by atoms with Crippen LogP contribution in [0.1, 0.15) is 15.6 Å². The summed E-state index contributed by atoms with van der Waals surface area (Å²) in [5, 5.41) is 7.35. The second-order valence-electron chi connectivity index (χ2n) is 5.85. The minimum atomic E-state index is 0. The third-order valence-electron chi connectivity index (χ3n) is 3.79. The molecule has 2 aromatic rings. The molecule has 1 amide bonds. The zero-order valence-electron chi connectivity index (χ0n) is 15.9. The van der Waals surface area contributed by atoms with Crippen LogP contribution in [0.4, 0.5) is 0 Å². The molecule has 9 heteroatoms. The van der Waals surface area contributed by atoms with E-state index in [4.69, 9.17) is 0 Å². The van der Waals surface area contributed by atoms with Gasteiger partial charge in [-0.3, -0.25) is 14.8 Å². The number of aromatic nitrogens is 2. The molecule has 0 unspecified atom stereocenters. The van der Waals surface area contributed by atoms with Crippen LogP contribution in [0.15, 0.2) is 35.6 Å². The molecule has 0 radical (unpaired) electrons. The van der Waals surface area contributed by atoms with Crippen molar-refractivity contribution < 1.29 is 4.79 Å². The molecule has 7 nitrogen and oxygen atoms in total. The second-order valence-corrected chi connectivity index (χ2v) is 7.17. The van der Waals surface area contributed by atoms with Crippen molar-refractivity contribution in [2.45, 2.75) is 19.8 Å². The summed E-state index contributed by atoms with van der Waals surface area (Å²) in [5.41, 5.74) is 0.981. The summed E-state index contributed by atoms with van der Waals surface area (Å²) < 4.78 is 0. The van der Waals surface area contributed by atoms with Crippen molar-refractivity contribution in [3.8, 4) is 0 Å². The number of thiazole rings is 1. The number of rotatable bonds is 8. The molecule has 0 atom stereocenters. The van der Waals surface area contributed by atoms with Crippen LogP contribution >= 0.6 is 35.3 Å². The molecule has 0 fully saturated rings. The summed E-state index contributed by atoms with van der Waals surface area (Å²) in [7, 11) is 3.49. The number of nitrogens with zero attached hydrogens (tertiary/aromatic N) is 4. The van der Waals surface area contributed by atoms with Gasteiger partial charge in [0.15, 0.2) is 5.96 Å². The fraction of sp³-hybridized carbons (Fsp3) is 0.444. The van der Waals surface area contributed by atoms with Gasteiger partial charge in [0, 0.05) is 63.0 Å². The monoisotopic (exact) mass is 502 g/mol. The Morgan fingerprint density at radius 2 is 2.07 bits per heavy atom. The number of nitrogens with one attached hydrogen (secondary N) is 2. The van der Waals surface area contributed by atoms with E-state index >= 15 is 0 Å². The van der Waals surface area contributed by atoms with Crippen molar-refractivity contribution in [3.05, 3.63) is 46.2 Å². The number of pyridine rings is 1. The quantitative estimate of drug-likeness (QED) is 0.327. The van der Waals surface area contributed by atoms with Gasteiger partial charge in [-0.1, -0.05) is 6.07 Å². The van der Waals surface area contributed by atoms with Crippen LogP contribution in [0.2, 0.25) is 0 Å². The van der Waals surface area contributed by atoms with Crippen molar-refractivity contribution in [1.29, 1.82) is 0 Å². The van der Waals surface area contributed by atoms with E-state index in [1.807, 2.05) is 31.3 Å². The van der Waals surface area contributed by atoms with Crippen LogP contribution < -0.4 is 10.6 Å². The van der Waals surface area contributed by atoms with Crippen LogP contribution in [0.3, 0.4) is 0 Å². The molecule has 0 saturated carbocycles. The molecule has 0 aliphatic carbocycles. The Hall–Kier alpha value is -1.75. The minimum absolute atomic E-state index is 0. The van der Waals surface area contributed by atoms with E-state index in [1.54, 1.807) is 36.5 Å². The topological polar surface area (TPSA) is 82.5 Å². The van der Waals surface area contributed by atoms with Gasteiger partial charge in [0.25, 0.3) is 0 Å². The Morgan fingerprint density at radius 3 is 2.70 bits per heavy atom. The summed E-state index contributed by atoms with van der Waals surface area (Å²) in [4.78, 5) is 27.9. The summed E-state index contributed by atoms with van der Waals surface area (Å²) >= 11 is 1.70. The van der Waals surface area contributed by atoms with E-state index in [9.17, 15) is 4.79 Å². The van der Waals surface area contributed by atoms with Gasteiger partial charge in [0.2, 0.25) is 5.91 Å². The number of aryl methyl sites for hydroxylation is 1. The molecule has 0 aliphatic heterocycles. The minimum Gasteiger partial charge on any atom is -0.356 e. The molecule has 2 rings (SSSR count). The number of aliphatic imine (C=N–C) groups is 1. The first-order valence-electron chi connectivity index (χ1n) is 8.58. The van der Waals surface area contributed by atoms with Crippen molar-refractivity contribution in [3.63, 3.8) is 0 Å². The number of halogens is 1. The van der Waals surface area contributed by atoms with Crippen LogP contribution in [0.25, 0.3) is 0 Å². The number of carbonyl (C=O) groups is 1. The van der Waals surface area contributed by atoms with Crippen LogP contribution in [0.5, 0.6) is 0 Å². The molecule has 2 heterocycles.